The molecule has 1 aromatic carbocycles. The summed E-state index contributed by atoms with van der Waals surface area (Å²) in [6.07, 6.45) is 1.95. The third-order valence-corrected chi connectivity index (χ3v) is 2.84. The average molecular weight is 276 g/mol. The Labute approximate surface area is 119 Å². The lowest BCUT2D eigenvalue weighted by molar-refractivity contribution is -0.161. The minimum absolute atomic E-state index is 0.234. The lowest BCUT2D eigenvalue weighted by atomic mass is 9.95. The highest BCUT2D eigenvalue weighted by Crippen LogP contribution is 2.17. The van der Waals surface area contributed by atoms with E-state index in [4.69, 9.17) is 9.47 Å². The molecule has 0 spiro atoms. The van der Waals surface area contributed by atoms with Crippen molar-refractivity contribution in [2.45, 2.75) is 20.3 Å². The molecule has 0 aromatic heterocycles. The molecule has 0 N–H and O–H groups in total. The number of hydrogen-bond donors (Lipinski definition) is 0. The molecule has 0 atom stereocenters. The second-order valence-corrected chi connectivity index (χ2v) is 4.16. The van der Waals surface area contributed by atoms with E-state index in [2.05, 4.69) is 6.58 Å². The van der Waals surface area contributed by atoms with Gasteiger partial charge in [-0.3, -0.25) is 9.59 Å². The predicted octanol–water partition coefficient (Wildman–Crippen LogP) is 2.61. The summed E-state index contributed by atoms with van der Waals surface area (Å²) in [6, 6.07) is 7.48. The van der Waals surface area contributed by atoms with Crippen molar-refractivity contribution in [3.05, 3.63) is 42.0 Å². The molecule has 1 rings (SSSR count). The number of esters is 2. The molecule has 108 valence electrons. The Bertz CT molecular complexity index is 461. The second-order valence-electron chi connectivity index (χ2n) is 4.16. The zero-order valence-electron chi connectivity index (χ0n) is 11.9. The van der Waals surface area contributed by atoms with E-state index < -0.39 is 17.9 Å². The van der Waals surface area contributed by atoms with Gasteiger partial charge in [0.15, 0.2) is 5.92 Å². The first kappa shape index (κ1) is 16.0. The van der Waals surface area contributed by atoms with E-state index in [-0.39, 0.29) is 19.6 Å². The summed E-state index contributed by atoms with van der Waals surface area (Å²) >= 11 is 0. The molecule has 0 aliphatic carbocycles. The number of ether oxygens (including phenoxy) is 2. The molecule has 0 radical (unpaired) electrons. The number of carbonyl (C=O) groups is 2. The molecular weight excluding hydrogens is 256 g/mol. The van der Waals surface area contributed by atoms with Crippen LogP contribution in [-0.4, -0.2) is 25.2 Å². The van der Waals surface area contributed by atoms with Gasteiger partial charge in [0.05, 0.1) is 13.2 Å². The fourth-order valence-corrected chi connectivity index (χ4v) is 1.89. The fourth-order valence-electron chi connectivity index (χ4n) is 1.89. The summed E-state index contributed by atoms with van der Waals surface area (Å²) < 4.78 is 9.90. The lowest BCUT2D eigenvalue weighted by Crippen LogP contribution is -2.30. The fraction of sp³-hybridized carbons (Fsp3) is 0.375. The number of benzene rings is 1. The molecule has 0 unspecified atom stereocenters. The largest absolute Gasteiger partial charge is 0.465 e. The van der Waals surface area contributed by atoms with E-state index in [1.54, 1.807) is 19.9 Å². The Morgan fingerprint density at radius 2 is 1.70 bits per heavy atom. The monoisotopic (exact) mass is 276 g/mol. The van der Waals surface area contributed by atoms with Crippen molar-refractivity contribution in [3.8, 4) is 0 Å². The molecule has 4 heteroatoms. The Morgan fingerprint density at radius 1 is 1.15 bits per heavy atom. The van der Waals surface area contributed by atoms with Crippen molar-refractivity contribution >= 4 is 18.0 Å². The number of rotatable bonds is 7. The second kappa shape index (κ2) is 8.15. The van der Waals surface area contributed by atoms with Crippen LogP contribution in [0.2, 0.25) is 0 Å². The molecule has 0 saturated carbocycles. The van der Waals surface area contributed by atoms with Crippen LogP contribution in [0.5, 0.6) is 0 Å². The topological polar surface area (TPSA) is 52.6 Å². The molecule has 20 heavy (non-hydrogen) atoms. The van der Waals surface area contributed by atoms with Crippen LogP contribution in [0.25, 0.3) is 6.08 Å². The van der Waals surface area contributed by atoms with Crippen LogP contribution in [0.3, 0.4) is 0 Å². The van der Waals surface area contributed by atoms with Crippen LogP contribution in [-0.2, 0) is 25.5 Å². The molecule has 4 nitrogen and oxygen atoms in total. The van der Waals surface area contributed by atoms with Gasteiger partial charge in [0.25, 0.3) is 0 Å². The summed E-state index contributed by atoms with van der Waals surface area (Å²) in [5.74, 6) is -2.04. The van der Waals surface area contributed by atoms with Gasteiger partial charge in [-0.1, -0.05) is 36.9 Å². The summed E-state index contributed by atoms with van der Waals surface area (Å²) in [5.41, 5.74) is 1.76. The van der Waals surface area contributed by atoms with Gasteiger partial charge in [0, 0.05) is 0 Å². The van der Waals surface area contributed by atoms with Gasteiger partial charge in [-0.2, -0.15) is 0 Å². The van der Waals surface area contributed by atoms with Crippen LogP contribution in [0.1, 0.15) is 25.0 Å². The van der Waals surface area contributed by atoms with E-state index in [9.17, 15) is 9.59 Å². The van der Waals surface area contributed by atoms with E-state index >= 15 is 0 Å². The zero-order chi connectivity index (χ0) is 15.0. The smallest absolute Gasteiger partial charge is 0.320 e. The maximum absolute atomic E-state index is 11.9. The molecule has 0 fully saturated rings. The minimum Gasteiger partial charge on any atom is -0.465 e. The van der Waals surface area contributed by atoms with Gasteiger partial charge < -0.3 is 9.47 Å². The van der Waals surface area contributed by atoms with Crippen molar-refractivity contribution in [2.24, 2.45) is 5.92 Å². The first-order valence-corrected chi connectivity index (χ1v) is 6.67. The highest BCUT2D eigenvalue weighted by molar-refractivity contribution is 5.95. The minimum atomic E-state index is -0.934. The Balaban J connectivity index is 2.96. The van der Waals surface area contributed by atoms with Crippen molar-refractivity contribution in [2.75, 3.05) is 13.2 Å². The molecule has 0 aliphatic heterocycles. The molecular formula is C16H20O4. The standard InChI is InChI=1S/C16H20O4/c1-4-12-9-7-8-10-13(12)11-14(15(17)19-5-2)16(18)20-6-3/h4,7-10,14H,1,5-6,11H2,2-3H3. The van der Waals surface area contributed by atoms with Crippen molar-refractivity contribution in [1.82, 2.24) is 0 Å². The zero-order valence-corrected chi connectivity index (χ0v) is 11.9. The van der Waals surface area contributed by atoms with Crippen LogP contribution >= 0.6 is 0 Å². The summed E-state index contributed by atoms with van der Waals surface area (Å²) in [7, 11) is 0. The first-order chi connectivity index (χ1) is 9.63. The van der Waals surface area contributed by atoms with E-state index in [1.165, 1.54) is 0 Å². The van der Waals surface area contributed by atoms with Crippen LogP contribution in [0.4, 0.5) is 0 Å². The average Bonchev–Trinajstić information content (AvgIpc) is 2.45. The highest BCUT2D eigenvalue weighted by Gasteiger charge is 2.30. The third kappa shape index (κ3) is 4.23. The van der Waals surface area contributed by atoms with Gasteiger partial charge in [0.1, 0.15) is 0 Å². The summed E-state index contributed by atoms with van der Waals surface area (Å²) in [4.78, 5) is 23.8. The van der Waals surface area contributed by atoms with Gasteiger partial charge in [-0.15, -0.1) is 0 Å². The van der Waals surface area contributed by atoms with Crippen molar-refractivity contribution < 1.29 is 19.1 Å². The van der Waals surface area contributed by atoms with Crippen molar-refractivity contribution in [3.63, 3.8) is 0 Å². The van der Waals surface area contributed by atoms with Crippen LogP contribution < -0.4 is 0 Å². The Hall–Kier alpha value is -2.10. The summed E-state index contributed by atoms with van der Waals surface area (Å²) in [6.45, 7) is 7.61. The normalized spacial score (nSPS) is 10.2. The molecule has 0 amide bonds. The third-order valence-electron chi connectivity index (χ3n) is 2.84. The molecule has 1 aromatic rings. The van der Waals surface area contributed by atoms with Crippen LogP contribution in [0, 0.1) is 5.92 Å². The van der Waals surface area contributed by atoms with Gasteiger partial charge >= 0.3 is 11.9 Å². The number of hydrogen-bond acceptors (Lipinski definition) is 4. The molecule has 0 saturated heterocycles. The van der Waals surface area contributed by atoms with E-state index in [0.29, 0.717) is 0 Å². The maximum Gasteiger partial charge on any atom is 0.320 e. The maximum atomic E-state index is 11.9. The van der Waals surface area contributed by atoms with E-state index in [1.807, 2.05) is 24.3 Å². The Morgan fingerprint density at radius 3 is 2.20 bits per heavy atom. The highest BCUT2D eigenvalue weighted by atomic mass is 16.6. The van der Waals surface area contributed by atoms with Gasteiger partial charge in [-0.25, -0.2) is 0 Å². The SMILES string of the molecule is C=Cc1ccccc1CC(C(=O)OCC)C(=O)OCC. The predicted molar refractivity (Wildman–Crippen MR) is 77.0 cm³/mol. The van der Waals surface area contributed by atoms with E-state index in [0.717, 1.165) is 11.1 Å². The molecule has 0 bridgehead atoms. The van der Waals surface area contributed by atoms with Crippen molar-refractivity contribution in [1.29, 1.82) is 0 Å². The molecule has 0 heterocycles. The first-order valence-electron chi connectivity index (χ1n) is 6.67. The quantitative estimate of drug-likeness (QED) is 0.567. The van der Waals surface area contributed by atoms with Gasteiger partial charge in [0.2, 0.25) is 0 Å². The molecule has 0 aliphatic rings. The lowest BCUT2D eigenvalue weighted by Gasteiger charge is -2.15. The van der Waals surface area contributed by atoms with Crippen LogP contribution in [0.15, 0.2) is 30.8 Å². The Kier molecular flexibility index (Phi) is 6.50. The van der Waals surface area contributed by atoms with Gasteiger partial charge in [-0.05, 0) is 31.4 Å². The number of carbonyl (C=O) groups excluding carboxylic acids is 2. The summed E-state index contributed by atoms with van der Waals surface area (Å²) in [5, 5.41) is 0.